The Hall–Kier alpha value is -3.93. The molecule has 1 saturated heterocycles. The molecule has 2 aromatic heterocycles. The molecule has 1 aliphatic heterocycles. The average molecular weight is 520 g/mol. The first-order valence-corrected chi connectivity index (χ1v) is 11.9. The van der Waals surface area contributed by atoms with Crippen LogP contribution in [0, 0.1) is 0 Å². The normalized spacial score (nSPS) is 24.1. The number of rotatable bonds is 13. The van der Waals surface area contributed by atoms with Gasteiger partial charge in [-0.3, -0.25) is 4.57 Å². The summed E-state index contributed by atoms with van der Waals surface area (Å²) in [7, 11) is 0. The number of aliphatic hydroxyl groups excluding tert-OH is 4. The van der Waals surface area contributed by atoms with Crippen LogP contribution in [0.1, 0.15) is 6.23 Å². The van der Waals surface area contributed by atoms with E-state index < -0.39 is 43.3 Å². The van der Waals surface area contributed by atoms with Gasteiger partial charge in [-0.05, 0) is 11.1 Å². The number of nitrogens with one attached hydrogen (secondary N) is 1. The van der Waals surface area contributed by atoms with Crippen LogP contribution in [0.15, 0.2) is 111 Å². The van der Waals surface area contributed by atoms with Gasteiger partial charge in [0, 0.05) is 0 Å². The van der Waals surface area contributed by atoms with Gasteiger partial charge in [-0.1, -0.05) is 87.1 Å². The van der Waals surface area contributed by atoms with Gasteiger partial charge in [0.05, 0.1) is 19.0 Å². The minimum absolute atomic E-state index is 0.303. The molecule has 10 nitrogen and oxygen atoms in total. The molecular weight excluding hydrogens is 486 g/mol. The van der Waals surface area contributed by atoms with Gasteiger partial charge in [0.1, 0.15) is 30.7 Å². The largest absolute Gasteiger partial charge is 0.394 e. The van der Waals surface area contributed by atoms with Gasteiger partial charge in [0.15, 0.2) is 23.2 Å². The van der Waals surface area contributed by atoms with E-state index in [0.29, 0.717) is 28.1 Å². The number of aromatic nitrogens is 4. The fourth-order valence-electron chi connectivity index (χ4n) is 4.08. The number of nitrogens with zero attached hydrogens (tertiary/aromatic N) is 4. The van der Waals surface area contributed by atoms with Crippen molar-refractivity contribution in [2.45, 2.75) is 36.7 Å². The second-order valence-corrected chi connectivity index (χ2v) is 8.34. The van der Waals surface area contributed by atoms with E-state index >= 15 is 0 Å². The summed E-state index contributed by atoms with van der Waals surface area (Å²) < 4.78 is 7.10. The summed E-state index contributed by atoms with van der Waals surface area (Å²) in [6.45, 7) is 14.5. The molecule has 1 aliphatic rings. The molecular formula is C28H33N5O5. The lowest BCUT2D eigenvalue weighted by Gasteiger charge is -2.27. The summed E-state index contributed by atoms with van der Waals surface area (Å²) in [5.41, 5.74) is 1.88. The molecule has 200 valence electrons. The van der Waals surface area contributed by atoms with Crippen molar-refractivity contribution in [1.29, 1.82) is 0 Å². The van der Waals surface area contributed by atoms with Crippen molar-refractivity contribution in [1.82, 2.24) is 19.5 Å². The van der Waals surface area contributed by atoms with E-state index in [9.17, 15) is 20.4 Å². The van der Waals surface area contributed by atoms with E-state index in [4.69, 9.17) is 4.74 Å². The zero-order chi connectivity index (χ0) is 27.7. The van der Waals surface area contributed by atoms with E-state index in [0.717, 1.165) is 0 Å². The van der Waals surface area contributed by atoms with Crippen molar-refractivity contribution in [3.63, 3.8) is 0 Å². The van der Waals surface area contributed by atoms with E-state index in [1.165, 1.54) is 17.2 Å². The first-order valence-electron chi connectivity index (χ1n) is 11.9. The second-order valence-electron chi connectivity index (χ2n) is 8.34. The molecule has 0 saturated carbocycles. The Labute approximate surface area is 221 Å². The number of anilines is 1. The van der Waals surface area contributed by atoms with Gasteiger partial charge < -0.3 is 30.5 Å². The third kappa shape index (κ3) is 6.13. The maximum atomic E-state index is 11.5. The van der Waals surface area contributed by atoms with Gasteiger partial charge in [-0.2, -0.15) is 0 Å². The summed E-state index contributed by atoms with van der Waals surface area (Å²) in [6, 6.07) is -0.734. The maximum absolute atomic E-state index is 11.5. The van der Waals surface area contributed by atoms with Gasteiger partial charge in [-0.15, -0.1) is 0 Å². The Kier molecular flexibility index (Phi) is 10.2. The lowest BCUT2D eigenvalue weighted by atomic mass is 9.93. The molecule has 0 aliphatic carbocycles. The minimum atomic E-state index is -1.31. The number of allylic oxidation sites excluding steroid dienone is 8. The van der Waals surface area contributed by atoms with Crippen molar-refractivity contribution in [3.8, 4) is 0 Å². The Morgan fingerprint density at radius 3 is 2.24 bits per heavy atom. The fraction of sp³-hybridized carbons (Fsp3) is 0.250. The van der Waals surface area contributed by atoms with Crippen molar-refractivity contribution < 1.29 is 25.2 Å². The molecule has 10 heteroatoms. The van der Waals surface area contributed by atoms with Crippen LogP contribution in [0.4, 0.5) is 5.82 Å². The van der Waals surface area contributed by atoms with E-state index in [2.05, 4.69) is 46.6 Å². The third-order valence-corrected chi connectivity index (χ3v) is 5.93. The highest BCUT2D eigenvalue weighted by molar-refractivity contribution is 5.83. The van der Waals surface area contributed by atoms with Gasteiger partial charge in [0.25, 0.3) is 0 Å². The lowest BCUT2D eigenvalue weighted by molar-refractivity contribution is -0.0511. The van der Waals surface area contributed by atoms with Crippen molar-refractivity contribution in [2.75, 3.05) is 11.9 Å². The summed E-state index contributed by atoms with van der Waals surface area (Å²) in [5.74, 6) is 0.303. The monoisotopic (exact) mass is 519 g/mol. The van der Waals surface area contributed by atoms with Gasteiger partial charge in [0.2, 0.25) is 0 Å². The van der Waals surface area contributed by atoms with Crippen LogP contribution in [0.5, 0.6) is 0 Å². The zero-order valence-electron chi connectivity index (χ0n) is 20.9. The second kappa shape index (κ2) is 13.6. The minimum Gasteiger partial charge on any atom is -0.394 e. The number of fused-ring (bicyclic) bond motifs is 1. The van der Waals surface area contributed by atoms with Crippen LogP contribution >= 0.6 is 0 Å². The first-order chi connectivity index (χ1) is 18.4. The molecule has 5 N–H and O–H groups in total. The predicted molar refractivity (Wildman–Crippen MR) is 147 cm³/mol. The molecule has 0 spiro atoms. The van der Waals surface area contributed by atoms with Crippen LogP contribution in [0.25, 0.3) is 11.2 Å². The Morgan fingerprint density at radius 1 is 0.974 bits per heavy atom. The van der Waals surface area contributed by atoms with E-state index in [-0.39, 0.29) is 0 Å². The number of hydrogen-bond donors (Lipinski definition) is 5. The topological polar surface area (TPSA) is 146 Å². The highest BCUT2D eigenvalue weighted by atomic mass is 16.6. The highest BCUT2D eigenvalue weighted by Gasteiger charge is 2.44. The quantitative estimate of drug-likeness (QED) is 0.252. The van der Waals surface area contributed by atoms with Crippen LogP contribution < -0.4 is 5.32 Å². The molecule has 6 atom stereocenters. The molecule has 1 fully saturated rings. The van der Waals surface area contributed by atoms with Crippen molar-refractivity contribution >= 4 is 17.0 Å². The molecule has 0 radical (unpaired) electrons. The van der Waals surface area contributed by atoms with Crippen LogP contribution in [-0.4, -0.2) is 77.0 Å². The molecule has 3 rings (SSSR count). The maximum Gasteiger partial charge on any atom is 0.167 e. The van der Waals surface area contributed by atoms with Crippen molar-refractivity contribution in [3.05, 3.63) is 111 Å². The predicted octanol–water partition coefficient (Wildman–Crippen LogP) is 2.29. The Morgan fingerprint density at radius 2 is 1.63 bits per heavy atom. The fourth-order valence-corrected chi connectivity index (χ4v) is 4.08. The molecule has 38 heavy (non-hydrogen) atoms. The summed E-state index contributed by atoms with van der Waals surface area (Å²) in [4.78, 5) is 13.1. The Balaban J connectivity index is 2.08. The zero-order valence-corrected chi connectivity index (χ0v) is 20.9. The SMILES string of the molecule is C=C/C=C\C(=C/C=C)[C@@H](O)[C@@H](Nc1ncnc2c1ncn2C1OC(CO)C(O)C1O)C(/C=C\C=C)=C/C=C. The Bertz CT molecular complexity index is 1280. The summed E-state index contributed by atoms with van der Waals surface area (Å²) >= 11 is 0. The molecule has 4 unspecified atom stereocenters. The molecule has 0 aromatic carbocycles. The number of imidazole rings is 1. The van der Waals surface area contributed by atoms with E-state index in [1.54, 1.807) is 60.8 Å². The summed E-state index contributed by atoms with van der Waals surface area (Å²) in [6.07, 6.45) is 13.9. The van der Waals surface area contributed by atoms with Gasteiger partial charge >= 0.3 is 0 Å². The third-order valence-electron chi connectivity index (χ3n) is 5.93. The highest BCUT2D eigenvalue weighted by Crippen LogP contribution is 2.32. The summed E-state index contributed by atoms with van der Waals surface area (Å²) in [5, 5.41) is 44.9. The van der Waals surface area contributed by atoms with Crippen molar-refractivity contribution in [2.24, 2.45) is 0 Å². The van der Waals surface area contributed by atoms with E-state index in [1.807, 2.05) is 0 Å². The smallest absolute Gasteiger partial charge is 0.167 e. The van der Waals surface area contributed by atoms with Gasteiger partial charge in [-0.25, -0.2) is 15.0 Å². The van der Waals surface area contributed by atoms with Crippen LogP contribution in [0.3, 0.4) is 0 Å². The molecule has 2 aromatic rings. The number of aliphatic hydroxyl groups is 4. The average Bonchev–Trinajstić information content (AvgIpc) is 3.48. The molecule has 0 bridgehead atoms. The van der Waals surface area contributed by atoms with Crippen LogP contribution in [-0.2, 0) is 4.74 Å². The lowest BCUT2D eigenvalue weighted by Crippen LogP contribution is -2.36. The standard InChI is InChI=1S/C28H33N5O5/c1-5-9-13-18(11-7-3)21(23(35)19(12-8-4)14-10-6-2)32-26-22-27(30-16-29-26)33(17-31-22)28-25(37)24(36)20(15-34)38-28/h5-14,16-17,20-21,23-25,28,34-37H,1-4,15H2,(H,29,30,32)/b13-9-,14-10-,18-11+,19-12+/t20?,21-,23+,24?,25?,28?/m0/s1. The molecule has 3 heterocycles. The first kappa shape index (κ1) is 28.6. The number of hydrogen-bond acceptors (Lipinski definition) is 9. The molecule has 0 amide bonds. The number of ether oxygens (including phenoxy) is 1. The van der Waals surface area contributed by atoms with Crippen LogP contribution in [0.2, 0.25) is 0 Å².